The summed E-state index contributed by atoms with van der Waals surface area (Å²) in [5, 5.41) is 13.9. The summed E-state index contributed by atoms with van der Waals surface area (Å²) >= 11 is 0. The van der Waals surface area contributed by atoms with Gasteiger partial charge < -0.3 is 14.7 Å². The molecule has 25 heavy (non-hydrogen) atoms. The fraction of sp³-hybridized carbons (Fsp3) is 0.500. The van der Waals surface area contributed by atoms with Crippen molar-refractivity contribution in [1.82, 2.24) is 19.7 Å². The van der Waals surface area contributed by atoms with Gasteiger partial charge in [-0.1, -0.05) is 0 Å². The van der Waals surface area contributed by atoms with E-state index >= 15 is 0 Å². The standard InChI is InChI=1S/C18H24N4O3/c1-12(2)25-17-6-13(4-5-19-17)18(24)22-9-15(11-23)16(10-22)14-7-20-21(3)8-14/h4-8,12,15-16,23H,9-11H2,1-3H3/t15-,16-/m0/s1. The Kier molecular flexibility index (Phi) is 5.03. The summed E-state index contributed by atoms with van der Waals surface area (Å²) in [5.41, 5.74) is 1.60. The number of aliphatic hydroxyl groups excluding tert-OH is 1. The number of likely N-dealkylation sites (tertiary alicyclic amines) is 1. The zero-order valence-corrected chi connectivity index (χ0v) is 14.8. The highest BCUT2D eigenvalue weighted by atomic mass is 16.5. The summed E-state index contributed by atoms with van der Waals surface area (Å²) < 4.78 is 7.31. The number of rotatable bonds is 5. The molecule has 134 valence electrons. The fourth-order valence-electron chi connectivity index (χ4n) is 3.26. The first-order chi connectivity index (χ1) is 12.0. The van der Waals surface area contributed by atoms with Gasteiger partial charge in [0.1, 0.15) is 0 Å². The number of carbonyl (C=O) groups excluding carboxylic acids is 1. The van der Waals surface area contributed by atoms with Crippen molar-refractivity contribution in [3.05, 3.63) is 41.9 Å². The Labute approximate surface area is 147 Å². The number of aromatic nitrogens is 3. The van der Waals surface area contributed by atoms with Crippen LogP contribution < -0.4 is 4.74 Å². The van der Waals surface area contributed by atoms with Crippen LogP contribution in [0.2, 0.25) is 0 Å². The van der Waals surface area contributed by atoms with E-state index in [1.54, 1.807) is 27.9 Å². The Morgan fingerprint density at radius 1 is 1.44 bits per heavy atom. The molecule has 0 saturated carbocycles. The molecule has 0 bridgehead atoms. The number of nitrogens with zero attached hydrogens (tertiary/aromatic N) is 4. The number of carbonyl (C=O) groups is 1. The molecule has 1 N–H and O–H groups in total. The molecule has 2 aromatic rings. The van der Waals surface area contributed by atoms with Gasteiger partial charge in [-0.05, 0) is 25.5 Å². The second kappa shape index (κ2) is 7.23. The lowest BCUT2D eigenvalue weighted by Gasteiger charge is -2.17. The third-order valence-electron chi connectivity index (χ3n) is 4.45. The zero-order valence-electron chi connectivity index (χ0n) is 14.8. The van der Waals surface area contributed by atoms with Crippen molar-refractivity contribution in [2.45, 2.75) is 25.9 Å². The van der Waals surface area contributed by atoms with Gasteiger partial charge in [-0.15, -0.1) is 0 Å². The van der Waals surface area contributed by atoms with Crippen LogP contribution in [0.25, 0.3) is 0 Å². The minimum atomic E-state index is -0.0687. The summed E-state index contributed by atoms with van der Waals surface area (Å²) in [4.78, 5) is 18.8. The van der Waals surface area contributed by atoms with Crippen LogP contribution in [0.15, 0.2) is 30.7 Å². The number of pyridine rings is 1. The number of aliphatic hydroxyl groups is 1. The molecule has 1 aliphatic rings. The van der Waals surface area contributed by atoms with E-state index in [-0.39, 0.29) is 30.5 Å². The molecule has 0 aliphatic carbocycles. The van der Waals surface area contributed by atoms with E-state index in [2.05, 4.69) is 10.1 Å². The van der Waals surface area contributed by atoms with Crippen molar-refractivity contribution in [1.29, 1.82) is 0 Å². The second-order valence-electron chi connectivity index (χ2n) is 6.76. The Hall–Kier alpha value is -2.41. The van der Waals surface area contributed by atoms with Crippen LogP contribution in [0.3, 0.4) is 0 Å². The molecule has 7 heteroatoms. The maximum Gasteiger partial charge on any atom is 0.254 e. The molecule has 0 unspecified atom stereocenters. The average molecular weight is 344 g/mol. The summed E-state index contributed by atoms with van der Waals surface area (Å²) in [6.07, 6.45) is 5.34. The van der Waals surface area contributed by atoms with Crippen molar-refractivity contribution < 1.29 is 14.6 Å². The lowest BCUT2D eigenvalue weighted by atomic mass is 9.92. The molecule has 1 amide bonds. The van der Waals surface area contributed by atoms with E-state index in [0.717, 1.165) is 5.56 Å². The lowest BCUT2D eigenvalue weighted by molar-refractivity contribution is 0.0780. The largest absolute Gasteiger partial charge is 0.475 e. The molecule has 3 heterocycles. The Balaban J connectivity index is 1.77. The summed E-state index contributed by atoms with van der Waals surface area (Å²) in [7, 11) is 1.86. The first kappa shape index (κ1) is 17.4. The highest BCUT2D eigenvalue weighted by Crippen LogP contribution is 2.33. The molecule has 0 aromatic carbocycles. The van der Waals surface area contributed by atoms with E-state index in [0.29, 0.717) is 24.5 Å². The van der Waals surface area contributed by atoms with Gasteiger partial charge in [-0.25, -0.2) is 4.98 Å². The van der Waals surface area contributed by atoms with Crippen LogP contribution in [0, 0.1) is 5.92 Å². The van der Waals surface area contributed by atoms with Crippen LogP contribution in [-0.2, 0) is 7.05 Å². The molecular weight excluding hydrogens is 320 g/mol. The van der Waals surface area contributed by atoms with Gasteiger partial charge >= 0.3 is 0 Å². The fourth-order valence-corrected chi connectivity index (χ4v) is 3.26. The van der Waals surface area contributed by atoms with E-state index in [1.807, 2.05) is 33.3 Å². The van der Waals surface area contributed by atoms with E-state index < -0.39 is 0 Å². The normalized spacial score (nSPS) is 20.3. The smallest absolute Gasteiger partial charge is 0.254 e. The first-order valence-electron chi connectivity index (χ1n) is 8.49. The third kappa shape index (κ3) is 3.82. The number of aryl methyl sites for hydroxylation is 1. The average Bonchev–Trinajstić information content (AvgIpc) is 3.19. The van der Waals surface area contributed by atoms with Crippen molar-refractivity contribution in [2.24, 2.45) is 13.0 Å². The highest BCUT2D eigenvalue weighted by Gasteiger charge is 2.36. The Morgan fingerprint density at radius 2 is 2.24 bits per heavy atom. The van der Waals surface area contributed by atoms with Crippen LogP contribution >= 0.6 is 0 Å². The molecule has 1 saturated heterocycles. The van der Waals surface area contributed by atoms with Gasteiger partial charge in [0.25, 0.3) is 5.91 Å². The van der Waals surface area contributed by atoms with Crippen LogP contribution in [-0.4, -0.2) is 56.5 Å². The highest BCUT2D eigenvalue weighted by molar-refractivity contribution is 5.94. The number of ether oxygens (including phenoxy) is 1. The van der Waals surface area contributed by atoms with Crippen LogP contribution in [0.5, 0.6) is 5.88 Å². The molecule has 0 radical (unpaired) electrons. The second-order valence-corrected chi connectivity index (χ2v) is 6.76. The molecule has 2 atom stereocenters. The van der Waals surface area contributed by atoms with Gasteiger partial charge in [0.05, 0.1) is 12.3 Å². The topological polar surface area (TPSA) is 80.5 Å². The van der Waals surface area contributed by atoms with Gasteiger partial charge in [-0.3, -0.25) is 9.48 Å². The Morgan fingerprint density at radius 3 is 2.88 bits per heavy atom. The minimum absolute atomic E-state index is 0.00151. The quantitative estimate of drug-likeness (QED) is 0.888. The van der Waals surface area contributed by atoms with Crippen molar-refractivity contribution in [2.75, 3.05) is 19.7 Å². The Bertz CT molecular complexity index is 743. The summed E-state index contributed by atoms with van der Waals surface area (Å²) in [6, 6.07) is 3.37. The van der Waals surface area contributed by atoms with Gasteiger partial charge in [0.15, 0.2) is 0 Å². The predicted octanol–water partition coefficient (Wildman–Crippen LogP) is 1.45. The molecular formula is C18H24N4O3. The molecule has 2 aromatic heterocycles. The van der Waals surface area contributed by atoms with Crippen molar-refractivity contribution in [3.8, 4) is 5.88 Å². The summed E-state index contributed by atoms with van der Waals surface area (Å²) in [6.45, 7) is 4.97. The SMILES string of the molecule is CC(C)Oc1cc(C(=O)N2C[C@@H](CO)[C@H](c3cnn(C)c3)C2)ccn1. The zero-order chi connectivity index (χ0) is 18.0. The first-order valence-corrected chi connectivity index (χ1v) is 8.49. The number of amides is 1. The molecule has 3 rings (SSSR count). The van der Waals surface area contributed by atoms with Crippen LogP contribution in [0.1, 0.15) is 35.7 Å². The number of hydrogen-bond donors (Lipinski definition) is 1. The molecule has 0 spiro atoms. The van der Waals surface area contributed by atoms with E-state index in [1.165, 1.54) is 0 Å². The molecule has 1 aliphatic heterocycles. The van der Waals surface area contributed by atoms with Crippen LogP contribution in [0.4, 0.5) is 0 Å². The van der Waals surface area contributed by atoms with Gasteiger partial charge in [0, 0.05) is 62.6 Å². The monoisotopic (exact) mass is 344 g/mol. The maximum absolute atomic E-state index is 12.9. The summed E-state index contributed by atoms with van der Waals surface area (Å²) in [5.74, 6) is 0.487. The van der Waals surface area contributed by atoms with Crippen molar-refractivity contribution >= 4 is 5.91 Å². The lowest BCUT2D eigenvalue weighted by Crippen LogP contribution is -2.29. The minimum Gasteiger partial charge on any atom is -0.475 e. The van der Waals surface area contributed by atoms with E-state index in [9.17, 15) is 9.90 Å². The third-order valence-corrected chi connectivity index (χ3v) is 4.45. The maximum atomic E-state index is 12.9. The van der Waals surface area contributed by atoms with Gasteiger partial charge in [0.2, 0.25) is 5.88 Å². The molecule has 1 fully saturated rings. The van der Waals surface area contributed by atoms with Crippen molar-refractivity contribution in [3.63, 3.8) is 0 Å². The van der Waals surface area contributed by atoms with E-state index in [4.69, 9.17) is 4.74 Å². The molecule has 7 nitrogen and oxygen atoms in total. The number of hydrogen-bond acceptors (Lipinski definition) is 5. The van der Waals surface area contributed by atoms with Gasteiger partial charge in [-0.2, -0.15) is 5.10 Å². The predicted molar refractivity (Wildman–Crippen MR) is 92.4 cm³/mol.